The van der Waals surface area contributed by atoms with Crippen molar-refractivity contribution in [1.82, 2.24) is 20.1 Å². The van der Waals surface area contributed by atoms with E-state index in [9.17, 15) is 27.6 Å². The minimum Gasteiger partial charge on any atom is -0.367 e. The molecule has 0 radical (unpaired) electrons. The molecule has 1 aliphatic carbocycles. The van der Waals surface area contributed by atoms with Gasteiger partial charge in [0, 0.05) is 49.8 Å². The molecular weight excluding hydrogens is 583 g/mol. The monoisotopic (exact) mass is 617 g/mol. The number of likely N-dealkylation sites (tertiary alicyclic amines) is 1. The summed E-state index contributed by atoms with van der Waals surface area (Å²) in [6.45, 7) is 2.81. The number of halogens is 3. The predicted octanol–water partition coefficient (Wildman–Crippen LogP) is 3.56. The van der Waals surface area contributed by atoms with E-state index in [1.165, 1.54) is 17.0 Å². The fourth-order valence-electron chi connectivity index (χ4n) is 6.96. The maximum atomic E-state index is 15.0. The van der Waals surface area contributed by atoms with Gasteiger partial charge in [0.25, 0.3) is 5.91 Å². The van der Waals surface area contributed by atoms with Crippen LogP contribution < -0.4 is 10.2 Å². The van der Waals surface area contributed by atoms with Crippen molar-refractivity contribution in [3.63, 3.8) is 0 Å². The van der Waals surface area contributed by atoms with Gasteiger partial charge in [0.05, 0.1) is 12.0 Å². The van der Waals surface area contributed by atoms with Crippen LogP contribution in [0.25, 0.3) is 11.3 Å². The minimum atomic E-state index is -1.62. The summed E-state index contributed by atoms with van der Waals surface area (Å²) in [6, 6.07) is 5.29. The van der Waals surface area contributed by atoms with Gasteiger partial charge in [-0.15, -0.1) is 0 Å². The fraction of sp³-hybridized carbons (Fsp3) is 0.533. The number of benzene rings is 1. The number of anilines is 1. The molecule has 4 unspecified atom stereocenters. The summed E-state index contributed by atoms with van der Waals surface area (Å²) in [7, 11) is 2.04. The number of carbonyl (C=O) groups is 3. The highest BCUT2D eigenvalue weighted by Gasteiger charge is 2.60. The highest BCUT2D eigenvalue weighted by molar-refractivity contribution is 7.14. The highest BCUT2D eigenvalue weighted by atomic mass is 32.1. The molecule has 0 spiro atoms. The molecule has 1 aromatic carbocycles. The molecule has 4 atom stereocenters. The van der Waals surface area contributed by atoms with Crippen LogP contribution in [0.2, 0.25) is 0 Å². The van der Waals surface area contributed by atoms with Crippen LogP contribution in [0.15, 0.2) is 36.4 Å². The number of ketones is 1. The predicted molar refractivity (Wildman–Crippen MR) is 154 cm³/mol. The Bertz CT molecular complexity index is 1410. The van der Waals surface area contributed by atoms with Crippen molar-refractivity contribution in [2.75, 3.05) is 51.3 Å². The average Bonchev–Trinajstić information content (AvgIpc) is 3.83. The van der Waals surface area contributed by atoms with E-state index >= 15 is 0 Å². The number of hydrogen-bond acceptors (Lipinski definition) is 9. The Morgan fingerprint density at radius 2 is 1.86 bits per heavy atom. The van der Waals surface area contributed by atoms with Gasteiger partial charge in [0.2, 0.25) is 5.13 Å². The fourth-order valence-corrected chi connectivity index (χ4v) is 7.83. The Morgan fingerprint density at radius 1 is 1.16 bits per heavy atom. The number of thiazole rings is 1. The Labute approximate surface area is 251 Å². The number of fused-ring (bicyclic) bond motifs is 1. The van der Waals surface area contributed by atoms with Crippen molar-refractivity contribution >= 4 is 34.4 Å². The van der Waals surface area contributed by atoms with Gasteiger partial charge in [-0.2, -0.15) is 4.39 Å². The summed E-state index contributed by atoms with van der Waals surface area (Å²) >= 11 is 0.992. The van der Waals surface area contributed by atoms with Gasteiger partial charge in [-0.3, -0.25) is 19.3 Å². The highest BCUT2D eigenvalue weighted by Crippen LogP contribution is 2.44. The third-order valence-electron chi connectivity index (χ3n) is 9.36. The molecule has 6 rings (SSSR count). The first-order valence-electron chi connectivity index (χ1n) is 14.6. The van der Waals surface area contributed by atoms with E-state index in [1.54, 1.807) is 12.1 Å². The van der Waals surface area contributed by atoms with Crippen LogP contribution in [-0.4, -0.2) is 96.9 Å². The average molecular weight is 618 g/mol. The van der Waals surface area contributed by atoms with E-state index in [-0.39, 0.29) is 42.4 Å². The number of likely N-dealkylation sites (N-methyl/N-ethyl adjacent to an activating group) is 1. The van der Waals surface area contributed by atoms with Gasteiger partial charge in [0.15, 0.2) is 22.9 Å². The number of Topliss-reactive ketones (excluding diaryl/α,β-unsaturated/α-hetero) is 1. The lowest BCUT2D eigenvalue weighted by molar-refractivity contribution is -0.131. The van der Waals surface area contributed by atoms with Gasteiger partial charge in [-0.1, -0.05) is 36.3 Å². The van der Waals surface area contributed by atoms with Gasteiger partial charge in [-0.25, -0.2) is 13.8 Å². The number of piperazine rings is 1. The van der Waals surface area contributed by atoms with Crippen LogP contribution in [0, 0.1) is 17.0 Å². The molecule has 3 aliphatic heterocycles. The van der Waals surface area contributed by atoms with Crippen LogP contribution in [0.5, 0.6) is 0 Å². The van der Waals surface area contributed by atoms with Crippen LogP contribution in [0.4, 0.5) is 18.3 Å². The summed E-state index contributed by atoms with van der Waals surface area (Å²) in [5.41, 5.74) is -0.687. The maximum absolute atomic E-state index is 15.0. The molecule has 3 saturated heterocycles. The number of hydrogen-bond donors (Lipinski definition) is 1. The molecule has 9 nitrogen and oxygen atoms in total. The van der Waals surface area contributed by atoms with Gasteiger partial charge >= 0.3 is 0 Å². The van der Waals surface area contributed by atoms with Gasteiger partial charge < -0.3 is 19.9 Å². The summed E-state index contributed by atoms with van der Waals surface area (Å²) in [4.78, 5) is 49.9. The Hall–Kier alpha value is -3.13. The van der Waals surface area contributed by atoms with Crippen molar-refractivity contribution < 1.29 is 32.3 Å². The molecule has 1 N–H and O–H groups in total. The number of amides is 1. The smallest absolute Gasteiger partial charge is 0.253 e. The second-order valence-corrected chi connectivity index (χ2v) is 12.7. The van der Waals surface area contributed by atoms with Crippen LogP contribution in [-0.2, 0) is 14.3 Å². The molecular formula is C30H34F3N5O4S. The second-order valence-electron chi connectivity index (χ2n) is 11.8. The van der Waals surface area contributed by atoms with E-state index in [4.69, 9.17) is 4.74 Å². The minimum absolute atomic E-state index is 0.144. The molecule has 4 aliphatic rings. The van der Waals surface area contributed by atoms with Crippen molar-refractivity contribution in [2.45, 2.75) is 43.5 Å². The summed E-state index contributed by atoms with van der Waals surface area (Å²) in [5.74, 6) is -3.40. The first-order chi connectivity index (χ1) is 20.8. The molecule has 4 fully saturated rings. The first kappa shape index (κ1) is 29.9. The maximum Gasteiger partial charge on any atom is 0.253 e. The number of nitrogens with one attached hydrogen (secondary N) is 1. The van der Waals surface area contributed by atoms with Crippen molar-refractivity contribution in [1.29, 1.82) is 0 Å². The number of aromatic nitrogens is 1. The molecule has 1 saturated carbocycles. The van der Waals surface area contributed by atoms with E-state index in [0.29, 0.717) is 29.8 Å². The van der Waals surface area contributed by atoms with Crippen molar-refractivity contribution in [3.05, 3.63) is 47.1 Å². The molecule has 1 aromatic heterocycles. The van der Waals surface area contributed by atoms with E-state index < -0.39 is 40.6 Å². The van der Waals surface area contributed by atoms with E-state index in [2.05, 4.69) is 20.1 Å². The molecule has 2 aromatic rings. The third kappa shape index (κ3) is 5.41. The zero-order valence-corrected chi connectivity index (χ0v) is 24.6. The third-order valence-corrected chi connectivity index (χ3v) is 10.3. The number of nitrogens with zero attached hydrogens (tertiary/aromatic N) is 4. The van der Waals surface area contributed by atoms with Gasteiger partial charge in [-0.05, 0) is 32.0 Å². The largest absolute Gasteiger partial charge is 0.367 e. The molecule has 4 heterocycles. The lowest BCUT2D eigenvalue weighted by Gasteiger charge is -2.44. The van der Waals surface area contributed by atoms with E-state index in [1.807, 2.05) is 7.05 Å². The molecule has 0 bridgehead atoms. The standard InChI is InChI=1S/C30H34F3N5O4S/c1-36-10-12-37(13-11-36)29-34-24(27(33)43-29)18-6-8-19(9-7-18)28(41)35-30(17-39,20-4-2-3-5-20)38-15-21(22(32)14-31)26-25(38)23(40)16-42-26/h6-9,14,17,20-21,25-26H,2-5,10-13,15-16H2,1H3,(H,35,41)/b22-14-. The molecule has 1 amide bonds. The summed E-state index contributed by atoms with van der Waals surface area (Å²) < 4.78 is 48.3. The Morgan fingerprint density at radius 3 is 2.51 bits per heavy atom. The number of ether oxygens (including phenoxy) is 1. The second kappa shape index (κ2) is 12.1. The van der Waals surface area contributed by atoms with E-state index in [0.717, 1.165) is 50.4 Å². The SMILES string of the molecule is CN1CCN(c2nc(-c3ccc(C(=O)NC(C=O)(C4CCCC4)N4CC(/C(F)=C/F)C5OCC(=O)C54)cc3)c(F)s2)CC1. The lowest BCUT2D eigenvalue weighted by Crippen LogP contribution is -2.68. The lowest BCUT2D eigenvalue weighted by atomic mass is 9.88. The molecule has 13 heteroatoms. The number of rotatable bonds is 8. The normalized spacial score (nSPS) is 27.0. The number of carbonyl (C=O) groups excluding carboxylic acids is 3. The Balaban J connectivity index is 1.25. The topological polar surface area (TPSA) is 95.1 Å². The van der Waals surface area contributed by atoms with Crippen LogP contribution in [0.3, 0.4) is 0 Å². The molecule has 230 valence electrons. The first-order valence-corrected chi connectivity index (χ1v) is 15.4. The van der Waals surface area contributed by atoms with Crippen molar-refractivity contribution in [3.8, 4) is 11.3 Å². The molecule has 43 heavy (non-hydrogen) atoms. The summed E-state index contributed by atoms with van der Waals surface area (Å²) in [6.07, 6.45) is 2.41. The quantitative estimate of drug-likeness (QED) is 0.450. The summed E-state index contributed by atoms with van der Waals surface area (Å²) in [5, 5.41) is 3.09. The van der Waals surface area contributed by atoms with Crippen molar-refractivity contribution in [2.24, 2.45) is 11.8 Å². The van der Waals surface area contributed by atoms with Crippen LogP contribution >= 0.6 is 11.3 Å². The Kier molecular flexibility index (Phi) is 8.42. The zero-order valence-electron chi connectivity index (χ0n) is 23.8. The van der Waals surface area contributed by atoms with Gasteiger partial charge in [0.1, 0.15) is 30.5 Å². The number of aldehydes is 1. The zero-order chi connectivity index (χ0) is 30.3. The van der Waals surface area contributed by atoms with Crippen LogP contribution in [0.1, 0.15) is 36.0 Å².